The predicted octanol–water partition coefficient (Wildman–Crippen LogP) is 2.76. The fraction of sp³-hybridized carbons (Fsp3) is 0.222. The van der Waals surface area contributed by atoms with Crippen LogP contribution in [-0.2, 0) is 29.1 Å². The van der Waals surface area contributed by atoms with Crippen LogP contribution in [0.25, 0.3) is 22.8 Å². The molecule has 0 radical (unpaired) electrons. The van der Waals surface area contributed by atoms with E-state index in [0.29, 0.717) is 11.6 Å². The number of aromatic nitrogens is 6. The minimum atomic E-state index is -0.527. The first kappa shape index (κ1) is 18.0. The van der Waals surface area contributed by atoms with Gasteiger partial charge in [-0.15, -0.1) is 10.2 Å². The van der Waals surface area contributed by atoms with Gasteiger partial charge in [-0.3, -0.25) is 0 Å². The van der Waals surface area contributed by atoms with Gasteiger partial charge in [0.15, 0.2) is 13.2 Å². The molecular weight excluding hydrogens is 380 g/mol. The molecule has 142 valence electrons. The monoisotopic (exact) mass is 396 g/mol. The van der Waals surface area contributed by atoms with Crippen molar-refractivity contribution in [3.05, 3.63) is 52.5 Å². The van der Waals surface area contributed by atoms with Crippen LogP contribution in [0.15, 0.2) is 45.6 Å². The molecule has 3 aromatic heterocycles. The van der Waals surface area contributed by atoms with Gasteiger partial charge in [-0.05, 0) is 28.6 Å². The Bertz CT molecular complexity index is 1060. The summed E-state index contributed by atoms with van der Waals surface area (Å²) in [6, 6.07) is 9.77. The molecule has 0 saturated heterocycles. The summed E-state index contributed by atoms with van der Waals surface area (Å²) in [7, 11) is 0. The topological polar surface area (TPSA) is 109 Å². The van der Waals surface area contributed by atoms with Crippen LogP contribution in [0, 0.1) is 0 Å². The standard InChI is InChI=1S/C18H16N6O3S/c1-2-12-3-5-13(6-4-12)17-19-15(27-22-17)10-26-16(25)9-24-21-18(20-23-24)14-7-8-28-11-14/h3-8,11H,2,9-10H2,1H3. The van der Waals surface area contributed by atoms with Crippen LogP contribution < -0.4 is 0 Å². The lowest BCUT2D eigenvalue weighted by molar-refractivity contribution is -0.147. The van der Waals surface area contributed by atoms with Crippen LogP contribution in [0.1, 0.15) is 18.4 Å². The SMILES string of the molecule is CCc1ccc(-c2noc(COC(=O)Cn3nnc(-c4ccsc4)n3)n2)cc1. The summed E-state index contributed by atoms with van der Waals surface area (Å²) in [6.45, 7) is 1.81. The van der Waals surface area contributed by atoms with Crippen LogP contribution in [0.5, 0.6) is 0 Å². The number of nitrogens with zero attached hydrogens (tertiary/aromatic N) is 6. The summed E-state index contributed by atoms with van der Waals surface area (Å²) in [5, 5.41) is 19.7. The molecule has 0 spiro atoms. The molecule has 0 N–H and O–H groups in total. The van der Waals surface area contributed by atoms with E-state index in [9.17, 15) is 4.79 Å². The molecule has 4 rings (SSSR count). The van der Waals surface area contributed by atoms with Gasteiger partial charge in [0.1, 0.15) is 0 Å². The normalized spacial score (nSPS) is 10.9. The van der Waals surface area contributed by atoms with E-state index in [1.807, 2.05) is 41.1 Å². The quantitative estimate of drug-likeness (QED) is 0.439. The molecule has 28 heavy (non-hydrogen) atoms. The zero-order valence-electron chi connectivity index (χ0n) is 15.0. The van der Waals surface area contributed by atoms with Gasteiger partial charge in [0.25, 0.3) is 5.89 Å². The molecule has 0 bridgehead atoms. The minimum absolute atomic E-state index is 0.120. The van der Waals surface area contributed by atoms with E-state index in [1.165, 1.54) is 21.7 Å². The van der Waals surface area contributed by atoms with Crippen molar-refractivity contribution in [3.8, 4) is 22.8 Å². The Kier molecular flexibility index (Phi) is 5.20. The van der Waals surface area contributed by atoms with Crippen molar-refractivity contribution in [3.63, 3.8) is 0 Å². The minimum Gasteiger partial charge on any atom is -0.454 e. The van der Waals surface area contributed by atoms with E-state index in [-0.39, 0.29) is 19.0 Å². The number of ether oxygens (including phenoxy) is 1. The second-order valence-corrected chi connectivity index (χ2v) is 6.66. The molecule has 1 aromatic carbocycles. The number of benzene rings is 1. The molecule has 0 aliphatic rings. The lowest BCUT2D eigenvalue weighted by Crippen LogP contribution is -2.15. The summed E-state index contributed by atoms with van der Waals surface area (Å²) in [4.78, 5) is 17.4. The fourth-order valence-electron chi connectivity index (χ4n) is 2.44. The van der Waals surface area contributed by atoms with Gasteiger partial charge in [0.2, 0.25) is 11.6 Å². The summed E-state index contributed by atoms with van der Waals surface area (Å²) < 4.78 is 10.3. The predicted molar refractivity (Wildman–Crippen MR) is 100 cm³/mol. The molecule has 0 unspecified atom stereocenters. The van der Waals surface area contributed by atoms with Crippen molar-refractivity contribution in [1.82, 2.24) is 30.3 Å². The van der Waals surface area contributed by atoms with Gasteiger partial charge in [-0.1, -0.05) is 36.3 Å². The Labute approximate surface area is 164 Å². The largest absolute Gasteiger partial charge is 0.454 e. The Morgan fingerprint density at radius 3 is 2.79 bits per heavy atom. The van der Waals surface area contributed by atoms with E-state index >= 15 is 0 Å². The number of rotatable bonds is 7. The number of carbonyl (C=O) groups is 1. The summed E-state index contributed by atoms with van der Waals surface area (Å²) in [6.07, 6.45) is 0.961. The number of carbonyl (C=O) groups excluding carboxylic acids is 1. The number of thiophene rings is 1. The average molecular weight is 396 g/mol. The van der Waals surface area contributed by atoms with Crippen molar-refractivity contribution in [2.75, 3.05) is 0 Å². The second-order valence-electron chi connectivity index (χ2n) is 5.88. The van der Waals surface area contributed by atoms with E-state index in [1.54, 1.807) is 0 Å². The lowest BCUT2D eigenvalue weighted by atomic mass is 10.1. The van der Waals surface area contributed by atoms with Crippen molar-refractivity contribution < 1.29 is 14.1 Å². The first-order chi connectivity index (χ1) is 13.7. The Hall–Kier alpha value is -3.40. The highest BCUT2D eigenvalue weighted by Gasteiger charge is 2.13. The van der Waals surface area contributed by atoms with E-state index in [4.69, 9.17) is 9.26 Å². The average Bonchev–Trinajstić information content (AvgIpc) is 3.47. The summed E-state index contributed by atoms with van der Waals surface area (Å²) in [5.74, 6) is 0.603. The maximum Gasteiger partial charge on any atom is 0.330 e. The third-order valence-corrected chi connectivity index (χ3v) is 4.63. The maximum atomic E-state index is 12.0. The highest BCUT2D eigenvalue weighted by atomic mass is 32.1. The smallest absolute Gasteiger partial charge is 0.330 e. The van der Waals surface area contributed by atoms with Crippen molar-refractivity contribution in [2.24, 2.45) is 0 Å². The molecule has 0 amide bonds. The Morgan fingerprint density at radius 1 is 1.18 bits per heavy atom. The van der Waals surface area contributed by atoms with E-state index < -0.39 is 5.97 Å². The summed E-state index contributed by atoms with van der Waals surface area (Å²) in [5.41, 5.74) is 2.92. The molecule has 9 nitrogen and oxygen atoms in total. The fourth-order valence-corrected chi connectivity index (χ4v) is 3.08. The van der Waals surface area contributed by atoms with Crippen molar-refractivity contribution >= 4 is 17.3 Å². The van der Waals surface area contributed by atoms with Gasteiger partial charge in [0, 0.05) is 16.5 Å². The number of hydrogen-bond donors (Lipinski definition) is 0. The zero-order chi connectivity index (χ0) is 19.3. The van der Waals surface area contributed by atoms with Crippen LogP contribution in [0.2, 0.25) is 0 Å². The van der Waals surface area contributed by atoms with Gasteiger partial charge in [-0.25, -0.2) is 4.79 Å². The number of aryl methyl sites for hydroxylation is 1. The molecule has 10 heteroatoms. The summed E-state index contributed by atoms with van der Waals surface area (Å²) >= 11 is 1.53. The Balaban J connectivity index is 1.32. The molecule has 0 aliphatic carbocycles. The molecule has 0 aliphatic heterocycles. The van der Waals surface area contributed by atoms with E-state index in [0.717, 1.165) is 17.5 Å². The highest BCUT2D eigenvalue weighted by molar-refractivity contribution is 7.08. The third kappa shape index (κ3) is 4.12. The van der Waals surface area contributed by atoms with Crippen LogP contribution >= 0.6 is 11.3 Å². The van der Waals surface area contributed by atoms with Crippen LogP contribution in [0.4, 0.5) is 0 Å². The molecule has 4 aromatic rings. The highest BCUT2D eigenvalue weighted by Crippen LogP contribution is 2.18. The third-order valence-electron chi connectivity index (χ3n) is 3.95. The first-order valence-electron chi connectivity index (χ1n) is 8.59. The van der Waals surface area contributed by atoms with Crippen molar-refractivity contribution in [1.29, 1.82) is 0 Å². The number of tetrazole rings is 1. The van der Waals surface area contributed by atoms with Gasteiger partial charge < -0.3 is 9.26 Å². The second kappa shape index (κ2) is 8.09. The molecule has 0 fully saturated rings. The van der Waals surface area contributed by atoms with Gasteiger partial charge in [0.05, 0.1) is 0 Å². The van der Waals surface area contributed by atoms with Gasteiger partial charge >= 0.3 is 5.97 Å². The van der Waals surface area contributed by atoms with Crippen molar-refractivity contribution in [2.45, 2.75) is 26.5 Å². The Morgan fingerprint density at radius 2 is 2.04 bits per heavy atom. The number of hydrogen-bond acceptors (Lipinski definition) is 9. The number of esters is 1. The van der Waals surface area contributed by atoms with Crippen LogP contribution in [0.3, 0.4) is 0 Å². The zero-order valence-corrected chi connectivity index (χ0v) is 15.8. The maximum absolute atomic E-state index is 12.0. The molecular formula is C18H16N6O3S. The molecule has 0 saturated carbocycles. The van der Waals surface area contributed by atoms with Crippen LogP contribution in [-0.4, -0.2) is 36.3 Å². The first-order valence-corrected chi connectivity index (χ1v) is 9.53. The van der Waals surface area contributed by atoms with Gasteiger partial charge in [-0.2, -0.15) is 21.1 Å². The molecule has 0 atom stereocenters. The molecule has 3 heterocycles. The van der Waals surface area contributed by atoms with E-state index in [2.05, 4.69) is 32.5 Å². The lowest BCUT2D eigenvalue weighted by Gasteiger charge is -2.00.